The third kappa shape index (κ3) is 2.77. The van der Waals surface area contributed by atoms with Crippen LogP contribution in [0.2, 0.25) is 0 Å². The van der Waals surface area contributed by atoms with E-state index in [0.717, 1.165) is 36.9 Å². The van der Waals surface area contributed by atoms with E-state index in [2.05, 4.69) is 6.07 Å². The minimum atomic E-state index is -0.440. The first-order valence-electron chi connectivity index (χ1n) is 7.98. The number of nitrogens with two attached hydrogens (primary N) is 1. The lowest BCUT2D eigenvalue weighted by molar-refractivity contribution is 0.0533. The second-order valence-electron chi connectivity index (χ2n) is 5.68. The number of aromatic nitrogens is 1. The zero-order chi connectivity index (χ0) is 16.4. The molecule has 1 aliphatic rings. The summed E-state index contributed by atoms with van der Waals surface area (Å²) in [4.78, 5) is 17.8. The molecule has 1 aliphatic carbocycles. The maximum Gasteiger partial charge on any atom is 0.350 e. The quantitative estimate of drug-likeness (QED) is 0.851. The van der Waals surface area contributed by atoms with Crippen LogP contribution in [0.15, 0.2) is 0 Å². The minimum Gasteiger partial charge on any atom is -0.462 e. The van der Waals surface area contributed by atoms with Crippen molar-refractivity contribution in [1.29, 1.82) is 5.26 Å². The van der Waals surface area contributed by atoms with Crippen molar-refractivity contribution in [2.75, 3.05) is 12.3 Å². The van der Waals surface area contributed by atoms with Crippen molar-refractivity contribution in [1.82, 2.24) is 4.98 Å². The minimum absolute atomic E-state index is 0.293. The van der Waals surface area contributed by atoms with Gasteiger partial charge in [-0.1, -0.05) is 12.8 Å². The Morgan fingerprint density at radius 3 is 2.78 bits per heavy atom. The van der Waals surface area contributed by atoms with Crippen LogP contribution in [0.1, 0.15) is 59.1 Å². The van der Waals surface area contributed by atoms with Crippen LogP contribution in [-0.2, 0) is 17.6 Å². The monoisotopic (exact) mass is 329 g/mol. The summed E-state index contributed by atoms with van der Waals surface area (Å²) < 4.78 is 5.06. The lowest BCUT2D eigenvalue weighted by Gasteiger charge is -2.15. The Bertz CT molecular complexity index is 804. The normalized spacial score (nSPS) is 14.6. The lowest BCUT2D eigenvalue weighted by Crippen LogP contribution is -2.07. The van der Waals surface area contributed by atoms with Gasteiger partial charge >= 0.3 is 5.97 Å². The van der Waals surface area contributed by atoms with E-state index in [9.17, 15) is 10.1 Å². The van der Waals surface area contributed by atoms with Gasteiger partial charge in [-0.3, -0.25) is 0 Å². The summed E-state index contributed by atoms with van der Waals surface area (Å²) in [6.07, 6.45) is 6.25. The third-order valence-corrected chi connectivity index (χ3v) is 5.31. The van der Waals surface area contributed by atoms with Gasteiger partial charge in [0.2, 0.25) is 0 Å². The fourth-order valence-corrected chi connectivity index (χ4v) is 4.15. The van der Waals surface area contributed by atoms with E-state index >= 15 is 0 Å². The lowest BCUT2D eigenvalue weighted by atomic mass is 9.92. The molecule has 0 bridgehead atoms. The zero-order valence-electron chi connectivity index (χ0n) is 13.1. The van der Waals surface area contributed by atoms with Crippen molar-refractivity contribution in [2.24, 2.45) is 0 Å². The average Bonchev–Trinajstić information content (AvgIpc) is 2.84. The molecule has 5 nitrogen and oxygen atoms in total. The topological polar surface area (TPSA) is 89.0 Å². The molecule has 0 radical (unpaired) electrons. The molecule has 0 aromatic carbocycles. The van der Waals surface area contributed by atoms with Crippen molar-refractivity contribution < 1.29 is 9.53 Å². The number of pyridine rings is 1. The summed E-state index contributed by atoms with van der Waals surface area (Å²) in [6.45, 7) is 2.05. The maximum atomic E-state index is 12.1. The number of aryl methyl sites for hydroxylation is 1. The van der Waals surface area contributed by atoms with Crippen molar-refractivity contribution in [3.8, 4) is 6.07 Å². The van der Waals surface area contributed by atoms with Crippen LogP contribution in [-0.4, -0.2) is 17.6 Å². The second-order valence-corrected chi connectivity index (χ2v) is 6.68. The number of hydrogen-bond donors (Lipinski definition) is 1. The molecular formula is C17H19N3O2S. The molecule has 0 spiro atoms. The first-order chi connectivity index (χ1) is 11.2. The van der Waals surface area contributed by atoms with E-state index in [-0.39, 0.29) is 0 Å². The smallest absolute Gasteiger partial charge is 0.350 e. The fraction of sp³-hybridized carbons (Fsp3) is 0.471. The van der Waals surface area contributed by atoms with E-state index in [1.807, 2.05) is 0 Å². The molecule has 2 aromatic heterocycles. The zero-order valence-corrected chi connectivity index (χ0v) is 14.0. The van der Waals surface area contributed by atoms with Crippen molar-refractivity contribution >= 4 is 33.2 Å². The highest BCUT2D eigenvalue weighted by Gasteiger charge is 2.24. The number of rotatable bonds is 2. The van der Waals surface area contributed by atoms with Gasteiger partial charge in [-0.2, -0.15) is 5.26 Å². The first kappa shape index (κ1) is 15.8. The molecular weight excluding hydrogens is 310 g/mol. The number of thiophene rings is 1. The van der Waals surface area contributed by atoms with Crippen molar-refractivity contribution in [3.05, 3.63) is 21.7 Å². The number of carbonyl (C=O) groups is 1. The summed E-state index contributed by atoms with van der Waals surface area (Å²) in [5.74, 6) is -0.440. The summed E-state index contributed by atoms with van der Waals surface area (Å²) in [5.41, 5.74) is 9.10. The number of fused-ring (bicyclic) bond motifs is 2. The average molecular weight is 329 g/mol. The Morgan fingerprint density at radius 1 is 1.35 bits per heavy atom. The molecule has 0 aliphatic heterocycles. The van der Waals surface area contributed by atoms with E-state index < -0.39 is 5.97 Å². The van der Waals surface area contributed by atoms with Crippen LogP contribution in [0.5, 0.6) is 0 Å². The Kier molecular flexibility index (Phi) is 4.49. The molecule has 23 heavy (non-hydrogen) atoms. The molecule has 0 saturated heterocycles. The van der Waals surface area contributed by atoms with Gasteiger partial charge in [0.1, 0.15) is 15.8 Å². The highest BCUT2D eigenvalue weighted by Crippen LogP contribution is 2.38. The van der Waals surface area contributed by atoms with Crippen molar-refractivity contribution in [3.63, 3.8) is 0 Å². The van der Waals surface area contributed by atoms with Gasteiger partial charge in [0.15, 0.2) is 0 Å². The maximum absolute atomic E-state index is 12.1. The number of ether oxygens (including phenoxy) is 1. The third-order valence-electron chi connectivity index (χ3n) is 4.23. The summed E-state index contributed by atoms with van der Waals surface area (Å²) in [5, 5.41) is 10.3. The number of nitrogens with zero attached hydrogens (tertiary/aromatic N) is 2. The second kappa shape index (κ2) is 6.55. The molecule has 2 aromatic rings. The summed E-state index contributed by atoms with van der Waals surface area (Å²) in [6, 6.07) is 2.31. The molecule has 6 heteroatoms. The molecule has 3 rings (SSSR count). The Morgan fingerprint density at radius 2 is 2.09 bits per heavy atom. The molecule has 2 N–H and O–H groups in total. The van der Waals surface area contributed by atoms with Crippen LogP contribution >= 0.6 is 11.3 Å². The SMILES string of the molecule is CCOC(=O)c1sc2nc3c(c(C#N)c2c1N)CCCCCC3. The largest absolute Gasteiger partial charge is 0.462 e. The molecule has 2 heterocycles. The van der Waals surface area contributed by atoms with Gasteiger partial charge in [0.05, 0.1) is 23.2 Å². The fourth-order valence-electron chi connectivity index (χ4n) is 3.13. The molecule has 0 fully saturated rings. The highest BCUT2D eigenvalue weighted by molar-refractivity contribution is 7.21. The molecule has 0 amide bonds. The van der Waals surface area contributed by atoms with Gasteiger partial charge in [-0.25, -0.2) is 9.78 Å². The van der Waals surface area contributed by atoms with Crippen molar-refractivity contribution in [2.45, 2.75) is 45.4 Å². The molecule has 0 atom stereocenters. The van der Waals surface area contributed by atoms with E-state index in [1.54, 1.807) is 6.92 Å². The predicted octanol–water partition coefficient (Wildman–Crippen LogP) is 3.59. The molecule has 0 unspecified atom stereocenters. The highest BCUT2D eigenvalue weighted by atomic mass is 32.1. The summed E-state index contributed by atoms with van der Waals surface area (Å²) in [7, 11) is 0. The van der Waals surface area contributed by atoms with E-state index in [4.69, 9.17) is 15.5 Å². The van der Waals surface area contributed by atoms with Gasteiger partial charge in [-0.05, 0) is 38.2 Å². The number of nitriles is 1. The van der Waals surface area contributed by atoms with E-state index in [1.165, 1.54) is 24.2 Å². The first-order valence-corrected chi connectivity index (χ1v) is 8.80. The number of carbonyl (C=O) groups excluding carboxylic acids is 1. The molecule has 0 saturated carbocycles. The predicted molar refractivity (Wildman–Crippen MR) is 90.6 cm³/mol. The van der Waals surface area contributed by atoms with Gasteiger partial charge in [-0.15, -0.1) is 11.3 Å². The van der Waals surface area contributed by atoms with Gasteiger partial charge in [0, 0.05) is 5.69 Å². The Labute approximate surface area is 139 Å². The number of anilines is 1. The van der Waals surface area contributed by atoms with Gasteiger partial charge in [0.25, 0.3) is 0 Å². The van der Waals surface area contributed by atoms with Gasteiger partial charge < -0.3 is 10.5 Å². The summed E-state index contributed by atoms with van der Waals surface area (Å²) >= 11 is 1.22. The standard InChI is InChI=1S/C17H19N3O2S/c1-2-22-17(21)15-14(19)13-11(9-18)10-7-5-3-4-6-8-12(10)20-16(13)23-15/h2-8,19H2,1H3. The van der Waals surface area contributed by atoms with E-state index in [0.29, 0.717) is 33.0 Å². The molecule has 120 valence electrons. The van der Waals surface area contributed by atoms with Crippen LogP contribution in [0.4, 0.5) is 5.69 Å². The number of esters is 1. The van der Waals surface area contributed by atoms with Crippen LogP contribution in [0.3, 0.4) is 0 Å². The van der Waals surface area contributed by atoms with Crippen LogP contribution in [0.25, 0.3) is 10.2 Å². The number of hydrogen-bond acceptors (Lipinski definition) is 6. The number of nitrogen functional groups attached to an aromatic ring is 1. The Hall–Kier alpha value is -2.13. The van der Waals surface area contributed by atoms with Crippen LogP contribution < -0.4 is 5.73 Å². The Balaban J connectivity index is 2.23. The van der Waals surface area contributed by atoms with Crippen LogP contribution in [0, 0.1) is 11.3 Å².